The number of nitrogens with zero attached hydrogens (tertiary/aromatic N) is 1. The quantitative estimate of drug-likeness (QED) is 0.610. The zero-order chi connectivity index (χ0) is 18.5. The Balaban J connectivity index is 1.85. The average molecular weight is 364 g/mol. The van der Waals surface area contributed by atoms with Crippen LogP contribution in [-0.4, -0.2) is 61.5 Å². The van der Waals surface area contributed by atoms with Crippen LogP contribution >= 0.6 is 0 Å². The molecule has 0 unspecified atom stereocenters. The molecule has 1 atom stereocenters. The number of carbonyl (C=O) groups excluding carboxylic acids is 2. The van der Waals surface area contributed by atoms with Gasteiger partial charge in [-0.3, -0.25) is 14.8 Å². The van der Waals surface area contributed by atoms with Gasteiger partial charge in [-0.15, -0.1) is 0 Å². The predicted molar refractivity (Wildman–Crippen MR) is 90.9 cm³/mol. The molecule has 0 saturated carbocycles. The zero-order valence-corrected chi connectivity index (χ0v) is 14.8. The smallest absolute Gasteiger partial charge is 0.274 e. The minimum atomic E-state index is -0.607. The van der Waals surface area contributed by atoms with E-state index in [1.807, 2.05) is 4.90 Å². The van der Waals surface area contributed by atoms with E-state index < -0.39 is 5.91 Å². The van der Waals surface area contributed by atoms with Gasteiger partial charge < -0.3 is 19.1 Å². The highest BCUT2D eigenvalue weighted by Crippen LogP contribution is 2.29. The van der Waals surface area contributed by atoms with Crippen LogP contribution in [0.4, 0.5) is 0 Å². The lowest BCUT2D eigenvalue weighted by Crippen LogP contribution is -2.47. The molecule has 2 N–H and O–H groups in total. The molecule has 2 heterocycles. The average Bonchev–Trinajstić information content (AvgIpc) is 2.87. The SMILES string of the molecule is COC[C@@H]1COc2cc(C(=O)NO)ccc2CN1C(=O)C1CCOCC1. The van der Waals surface area contributed by atoms with Gasteiger partial charge in [-0.05, 0) is 25.0 Å². The van der Waals surface area contributed by atoms with Gasteiger partial charge in [-0.2, -0.15) is 0 Å². The van der Waals surface area contributed by atoms with Gasteiger partial charge in [0.15, 0.2) is 0 Å². The summed E-state index contributed by atoms with van der Waals surface area (Å²) in [7, 11) is 1.60. The standard InChI is InChI=1S/C18H24N2O6/c1-24-10-15-11-26-16-8-13(17(21)19-23)2-3-14(16)9-20(15)18(22)12-4-6-25-7-5-12/h2-3,8,12,15,23H,4-7,9-11H2,1H3,(H,19,21)/t15-/m1/s1. The number of amides is 2. The molecule has 2 aliphatic heterocycles. The fourth-order valence-corrected chi connectivity index (χ4v) is 3.38. The van der Waals surface area contributed by atoms with E-state index >= 15 is 0 Å². The number of hydroxylamine groups is 1. The Labute approximate surface area is 152 Å². The first-order chi connectivity index (χ1) is 12.6. The molecular formula is C18H24N2O6. The summed E-state index contributed by atoms with van der Waals surface area (Å²) in [5.41, 5.74) is 2.72. The number of methoxy groups -OCH3 is 1. The summed E-state index contributed by atoms with van der Waals surface area (Å²) >= 11 is 0. The second-order valence-corrected chi connectivity index (χ2v) is 6.54. The lowest BCUT2D eigenvalue weighted by Gasteiger charge is -2.33. The summed E-state index contributed by atoms with van der Waals surface area (Å²) in [6.45, 7) is 2.24. The van der Waals surface area contributed by atoms with Gasteiger partial charge in [0.2, 0.25) is 5.91 Å². The topological polar surface area (TPSA) is 97.3 Å². The van der Waals surface area contributed by atoms with E-state index in [1.54, 1.807) is 30.8 Å². The molecule has 1 saturated heterocycles. The first kappa shape index (κ1) is 18.6. The summed E-state index contributed by atoms with van der Waals surface area (Å²) in [5.74, 6) is -0.0354. The molecule has 3 rings (SSSR count). The second kappa shape index (κ2) is 8.48. The van der Waals surface area contributed by atoms with Crippen LogP contribution < -0.4 is 10.2 Å². The van der Waals surface area contributed by atoms with Crippen LogP contribution in [0.2, 0.25) is 0 Å². The van der Waals surface area contributed by atoms with E-state index in [-0.39, 0.29) is 24.5 Å². The first-order valence-corrected chi connectivity index (χ1v) is 8.71. The van der Waals surface area contributed by atoms with Crippen molar-refractivity contribution in [2.45, 2.75) is 25.4 Å². The van der Waals surface area contributed by atoms with Crippen LogP contribution in [0.15, 0.2) is 18.2 Å². The fourth-order valence-electron chi connectivity index (χ4n) is 3.38. The van der Waals surface area contributed by atoms with Crippen LogP contribution in [0.1, 0.15) is 28.8 Å². The molecule has 8 heteroatoms. The predicted octanol–water partition coefficient (Wildman–Crippen LogP) is 0.968. The summed E-state index contributed by atoms with van der Waals surface area (Å²) in [6.07, 6.45) is 1.44. The molecule has 142 valence electrons. The van der Waals surface area contributed by atoms with Crippen molar-refractivity contribution < 1.29 is 29.0 Å². The van der Waals surface area contributed by atoms with Crippen molar-refractivity contribution in [3.63, 3.8) is 0 Å². The van der Waals surface area contributed by atoms with Crippen molar-refractivity contribution in [2.24, 2.45) is 5.92 Å². The third-order valence-corrected chi connectivity index (χ3v) is 4.86. The van der Waals surface area contributed by atoms with Gasteiger partial charge in [0.25, 0.3) is 5.91 Å². The van der Waals surface area contributed by atoms with Gasteiger partial charge in [-0.1, -0.05) is 6.07 Å². The molecule has 2 aliphatic rings. The molecule has 1 aromatic carbocycles. The zero-order valence-electron chi connectivity index (χ0n) is 14.8. The van der Waals surface area contributed by atoms with Gasteiger partial charge in [0.1, 0.15) is 12.4 Å². The molecule has 0 bridgehead atoms. The lowest BCUT2D eigenvalue weighted by molar-refractivity contribution is -0.143. The summed E-state index contributed by atoms with van der Waals surface area (Å²) in [5, 5.41) is 8.80. The number of carbonyl (C=O) groups is 2. The first-order valence-electron chi connectivity index (χ1n) is 8.71. The van der Waals surface area contributed by atoms with Crippen LogP contribution in [0.25, 0.3) is 0 Å². The number of rotatable bonds is 4. The Morgan fingerprint density at radius 1 is 1.35 bits per heavy atom. The van der Waals surface area contributed by atoms with Gasteiger partial charge in [0.05, 0.1) is 12.6 Å². The molecule has 0 aliphatic carbocycles. The minimum Gasteiger partial charge on any atom is -0.491 e. The highest BCUT2D eigenvalue weighted by molar-refractivity contribution is 5.93. The number of fused-ring (bicyclic) bond motifs is 1. The third kappa shape index (κ3) is 3.98. The Bertz CT molecular complexity index is 659. The van der Waals surface area contributed by atoms with Crippen molar-refractivity contribution in [3.05, 3.63) is 29.3 Å². The minimum absolute atomic E-state index is 0.0518. The maximum absolute atomic E-state index is 13.1. The number of ether oxygens (including phenoxy) is 3. The molecule has 1 aromatic rings. The monoisotopic (exact) mass is 364 g/mol. The normalized spacial score (nSPS) is 20.7. The molecule has 2 amide bonds. The Morgan fingerprint density at radius 3 is 2.81 bits per heavy atom. The maximum Gasteiger partial charge on any atom is 0.274 e. The van der Waals surface area contributed by atoms with E-state index in [1.165, 1.54) is 0 Å². The largest absolute Gasteiger partial charge is 0.491 e. The molecule has 0 spiro atoms. The van der Waals surface area contributed by atoms with E-state index in [0.717, 1.165) is 18.4 Å². The molecule has 0 radical (unpaired) electrons. The summed E-state index contributed by atoms with van der Waals surface area (Å²) in [4.78, 5) is 26.5. The van der Waals surface area contributed by atoms with Crippen LogP contribution in [0, 0.1) is 5.92 Å². The van der Waals surface area contributed by atoms with Crippen molar-refractivity contribution in [1.29, 1.82) is 0 Å². The maximum atomic E-state index is 13.1. The van der Waals surface area contributed by atoms with E-state index in [2.05, 4.69) is 0 Å². The number of benzene rings is 1. The molecule has 0 aromatic heterocycles. The van der Waals surface area contributed by atoms with E-state index in [0.29, 0.717) is 37.7 Å². The molecule has 1 fully saturated rings. The highest BCUT2D eigenvalue weighted by Gasteiger charge is 2.33. The molecule has 26 heavy (non-hydrogen) atoms. The number of nitrogens with one attached hydrogen (secondary N) is 1. The van der Waals surface area contributed by atoms with Crippen molar-refractivity contribution in [2.75, 3.05) is 33.5 Å². The number of hydrogen-bond acceptors (Lipinski definition) is 6. The van der Waals surface area contributed by atoms with Crippen molar-refractivity contribution in [3.8, 4) is 5.75 Å². The fraction of sp³-hybridized carbons (Fsp3) is 0.556. The van der Waals surface area contributed by atoms with Crippen LogP contribution in [0.3, 0.4) is 0 Å². The molecule has 8 nitrogen and oxygen atoms in total. The number of hydrogen-bond donors (Lipinski definition) is 2. The Kier molecular flexibility index (Phi) is 6.08. The van der Waals surface area contributed by atoms with Crippen LogP contribution in [-0.2, 0) is 20.8 Å². The van der Waals surface area contributed by atoms with Crippen molar-refractivity contribution in [1.82, 2.24) is 10.4 Å². The Morgan fingerprint density at radius 2 is 2.12 bits per heavy atom. The third-order valence-electron chi connectivity index (χ3n) is 4.86. The lowest BCUT2D eigenvalue weighted by atomic mass is 9.97. The molecular weight excluding hydrogens is 340 g/mol. The summed E-state index contributed by atoms with van der Waals surface area (Å²) < 4.78 is 16.5. The van der Waals surface area contributed by atoms with Crippen molar-refractivity contribution >= 4 is 11.8 Å². The van der Waals surface area contributed by atoms with E-state index in [9.17, 15) is 9.59 Å². The van der Waals surface area contributed by atoms with Crippen LogP contribution in [0.5, 0.6) is 5.75 Å². The summed E-state index contributed by atoms with van der Waals surface area (Å²) in [6, 6.07) is 4.71. The van der Waals surface area contributed by atoms with Gasteiger partial charge in [-0.25, -0.2) is 5.48 Å². The van der Waals surface area contributed by atoms with Gasteiger partial charge >= 0.3 is 0 Å². The Hall–Kier alpha value is -2.16. The second-order valence-electron chi connectivity index (χ2n) is 6.54. The van der Waals surface area contributed by atoms with E-state index in [4.69, 9.17) is 19.4 Å². The highest BCUT2D eigenvalue weighted by atomic mass is 16.5. The van der Waals surface area contributed by atoms with Gasteiger partial charge in [0, 0.05) is 43.9 Å².